The van der Waals surface area contributed by atoms with E-state index >= 15 is 0 Å². The molecule has 2 nitrogen and oxygen atoms in total. The van der Waals surface area contributed by atoms with E-state index in [1.54, 1.807) is 19.1 Å². The van der Waals surface area contributed by atoms with Crippen molar-refractivity contribution in [3.05, 3.63) is 29.1 Å². The molecule has 0 spiro atoms. The smallest absolute Gasteiger partial charge is 0.167 e. The number of aromatic hydroxyl groups is 1. The molecule has 0 aliphatic carbocycles. The molecule has 0 saturated heterocycles. The van der Waals surface area contributed by atoms with Crippen LogP contribution in [0.25, 0.3) is 0 Å². The molecule has 1 aromatic rings. The Bertz CT molecular complexity index is 297. The van der Waals surface area contributed by atoms with E-state index in [4.69, 9.17) is 5.11 Å². The van der Waals surface area contributed by atoms with Crippen LogP contribution in [0.3, 0.4) is 0 Å². The van der Waals surface area contributed by atoms with E-state index in [2.05, 4.69) is 0 Å². The summed E-state index contributed by atoms with van der Waals surface area (Å²) in [5, 5.41) is 17.9. The van der Waals surface area contributed by atoms with Crippen LogP contribution < -0.4 is 0 Å². The Labute approximate surface area is 76.6 Å². The molecule has 0 aromatic heterocycles. The average molecular weight is 184 g/mol. The summed E-state index contributed by atoms with van der Waals surface area (Å²) in [6.45, 7) is 1.65. The second kappa shape index (κ2) is 4.23. The third kappa shape index (κ3) is 2.18. The molecular formula is C10H13FO2. The number of benzene rings is 1. The molecule has 0 fully saturated rings. The van der Waals surface area contributed by atoms with Gasteiger partial charge < -0.3 is 10.2 Å². The first kappa shape index (κ1) is 9.99. The normalized spacial score (nSPS) is 10.4. The molecule has 0 amide bonds. The molecule has 0 atom stereocenters. The lowest BCUT2D eigenvalue weighted by atomic mass is 10.1. The van der Waals surface area contributed by atoms with Crippen molar-refractivity contribution >= 4 is 0 Å². The number of aryl methyl sites for hydroxylation is 2. The number of rotatable bonds is 3. The van der Waals surface area contributed by atoms with Crippen LogP contribution in [0.1, 0.15) is 17.5 Å². The predicted molar refractivity (Wildman–Crippen MR) is 48.2 cm³/mol. The number of halogens is 1. The molecular weight excluding hydrogens is 171 g/mol. The minimum atomic E-state index is -0.560. The highest BCUT2D eigenvalue weighted by molar-refractivity contribution is 5.37. The minimum absolute atomic E-state index is 0.0505. The number of hydrogen-bond donors (Lipinski definition) is 2. The van der Waals surface area contributed by atoms with E-state index in [0.717, 1.165) is 0 Å². The molecule has 0 saturated carbocycles. The van der Waals surface area contributed by atoms with Crippen molar-refractivity contribution in [3.63, 3.8) is 0 Å². The van der Waals surface area contributed by atoms with Gasteiger partial charge in [-0.05, 0) is 30.9 Å². The van der Waals surface area contributed by atoms with Crippen LogP contribution in [-0.4, -0.2) is 16.8 Å². The zero-order valence-corrected chi connectivity index (χ0v) is 7.55. The lowest BCUT2D eigenvalue weighted by Crippen LogP contribution is -1.93. The largest absolute Gasteiger partial charge is 0.505 e. The van der Waals surface area contributed by atoms with Crippen LogP contribution in [0.5, 0.6) is 5.75 Å². The van der Waals surface area contributed by atoms with Gasteiger partial charge in [0.1, 0.15) is 0 Å². The summed E-state index contributed by atoms with van der Waals surface area (Å²) in [6, 6.07) is 3.31. The van der Waals surface area contributed by atoms with Gasteiger partial charge in [0.25, 0.3) is 0 Å². The van der Waals surface area contributed by atoms with Crippen molar-refractivity contribution in [1.29, 1.82) is 0 Å². The Balaban J connectivity index is 2.90. The molecule has 1 rings (SSSR count). The van der Waals surface area contributed by atoms with E-state index in [0.29, 0.717) is 24.0 Å². The molecule has 0 aliphatic heterocycles. The maximum atomic E-state index is 13.1. The van der Waals surface area contributed by atoms with E-state index in [9.17, 15) is 9.50 Å². The summed E-state index contributed by atoms with van der Waals surface area (Å²) in [5.41, 5.74) is 0.988. The first-order valence-electron chi connectivity index (χ1n) is 4.24. The third-order valence-corrected chi connectivity index (χ3v) is 2.00. The highest BCUT2D eigenvalue weighted by atomic mass is 19.1. The van der Waals surface area contributed by atoms with Gasteiger partial charge in [-0.3, -0.25) is 0 Å². The number of aliphatic hydroxyl groups is 1. The van der Waals surface area contributed by atoms with Crippen molar-refractivity contribution < 1.29 is 14.6 Å². The van der Waals surface area contributed by atoms with Gasteiger partial charge in [0.2, 0.25) is 0 Å². The van der Waals surface area contributed by atoms with Crippen molar-refractivity contribution in [2.75, 3.05) is 6.61 Å². The molecule has 3 heteroatoms. The summed E-state index contributed by atoms with van der Waals surface area (Å²) >= 11 is 0. The highest BCUT2D eigenvalue weighted by Crippen LogP contribution is 2.24. The van der Waals surface area contributed by atoms with Gasteiger partial charge in [-0.1, -0.05) is 12.1 Å². The molecule has 0 heterocycles. The van der Waals surface area contributed by atoms with Gasteiger partial charge in [-0.25, -0.2) is 4.39 Å². The second-order valence-corrected chi connectivity index (χ2v) is 3.03. The van der Waals surface area contributed by atoms with Crippen molar-refractivity contribution in [1.82, 2.24) is 0 Å². The average Bonchev–Trinajstić information content (AvgIpc) is 2.13. The Kier molecular flexibility index (Phi) is 3.25. The van der Waals surface area contributed by atoms with Gasteiger partial charge in [0, 0.05) is 6.61 Å². The first-order valence-corrected chi connectivity index (χ1v) is 4.24. The predicted octanol–water partition coefficient (Wildman–Crippen LogP) is 1.76. The Morgan fingerprint density at radius 1 is 1.38 bits per heavy atom. The van der Waals surface area contributed by atoms with Gasteiger partial charge in [-0.15, -0.1) is 0 Å². The van der Waals surface area contributed by atoms with Crippen LogP contribution in [0, 0.1) is 12.7 Å². The second-order valence-electron chi connectivity index (χ2n) is 3.03. The number of phenols is 1. The van der Waals surface area contributed by atoms with Gasteiger partial charge in [-0.2, -0.15) is 0 Å². The fourth-order valence-electron chi connectivity index (χ4n) is 1.18. The van der Waals surface area contributed by atoms with Crippen LogP contribution in [-0.2, 0) is 6.42 Å². The van der Waals surface area contributed by atoms with Crippen LogP contribution in [0.2, 0.25) is 0 Å². The van der Waals surface area contributed by atoms with E-state index in [1.165, 1.54) is 0 Å². The molecule has 0 aliphatic rings. The maximum Gasteiger partial charge on any atom is 0.167 e. The SMILES string of the molecule is Cc1ccc(CCCO)c(O)c1F. The fourth-order valence-corrected chi connectivity index (χ4v) is 1.18. The van der Waals surface area contributed by atoms with E-state index < -0.39 is 5.82 Å². The summed E-state index contributed by atoms with van der Waals surface area (Å²) in [4.78, 5) is 0. The van der Waals surface area contributed by atoms with Crippen molar-refractivity contribution in [3.8, 4) is 5.75 Å². The summed E-state index contributed by atoms with van der Waals surface area (Å²) < 4.78 is 13.1. The topological polar surface area (TPSA) is 40.5 Å². The van der Waals surface area contributed by atoms with Crippen LogP contribution >= 0.6 is 0 Å². The number of hydrogen-bond acceptors (Lipinski definition) is 2. The maximum absolute atomic E-state index is 13.1. The lowest BCUT2D eigenvalue weighted by Gasteiger charge is -2.05. The third-order valence-electron chi connectivity index (χ3n) is 2.00. The molecule has 72 valence electrons. The first-order chi connectivity index (χ1) is 6.16. The molecule has 0 unspecified atom stereocenters. The fraction of sp³-hybridized carbons (Fsp3) is 0.400. The van der Waals surface area contributed by atoms with E-state index in [-0.39, 0.29) is 12.4 Å². The van der Waals surface area contributed by atoms with Crippen molar-refractivity contribution in [2.24, 2.45) is 0 Å². The Hall–Kier alpha value is -1.09. The molecule has 0 bridgehead atoms. The van der Waals surface area contributed by atoms with Crippen LogP contribution in [0.4, 0.5) is 4.39 Å². The standard InChI is InChI=1S/C10H13FO2/c1-7-4-5-8(3-2-6-12)10(13)9(7)11/h4-5,12-13H,2-3,6H2,1H3. The zero-order chi connectivity index (χ0) is 9.84. The van der Waals surface area contributed by atoms with Crippen LogP contribution in [0.15, 0.2) is 12.1 Å². The molecule has 0 radical (unpaired) electrons. The zero-order valence-electron chi connectivity index (χ0n) is 7.55. The summed E-state index contributed by atoms with van der Waals surface area (Å²) in [5.74, 6) is -0.844. The number of aliphatic hydroxyl groups excluding tert-OH is 1. The monoisotopic (exact) mass is 184 g/mol. The number of phenolic OH excluding ortho intramolecular Hbond substituents is 1. The Morgan fingerprint density at radius 3 is 2.69 bits per heavy atom. The van der Waals surface area contributed by atoms with Gasteiger partial charge in [0.05, 0.1) is 0 Å². The summed E-state index contributed by atoms with van der Waals surface area (Å²) in [6.07, 6.45) is 1.04. The van der Waals surface area contributed by atoms with Gasteiger partial charge in [0.15, 0.2) is 11.6 Å². The highest BCUT2D eigenvalue weighted by Gasteiger charge is 2.08. The van der Waals surface area contributed by atoms with Gasteiger partial charge >= 0.3 is 0 Å². The minimum Gasteiger partial charge on any atom is -0.505 e. The lowest BCUT2D eigenvalue weighted by molar-refractivity contribution is 0.287. The van der Waals surface area contributed by atoms with Crippen molar-refractivity contribution in [2.45, 2.75) is 19.8 Å². The summed E-state index contributed by atoms with van der Waals surface area (Å²) in [7, 11) is 0. The molecule has 2 N–H and O–H groups in total. The quantitative estimate of drug-likeness (QED) is 0.751. The Morgan fingerprint density at radius 2 is 2.08 bits per heavy atom. The van der Waals surface area contributed by atoms with E-state index in [1.807, 2.05) is 0 Å². The molecule has 1 aromatic carbocycles. The molecule has 13 heavy (non-hydrogen) atoms.